The number of hydrogen-bond acceptors (Lipinski definition) is 2. The molecular formula is C21H25N6+. The molecule has 6 heteroatoms. The summed E-state index contributed by atoms with van der Waals surface area (Å²) >= 11 is 0. The molecule has 138 valence electrons. The van der Waals surface area contributed by atoms with Gasteiger partial charge in [0.15, 0.2) is 11.0 Å². The van der Waals surface area contributed by atoms with Crippen molar-refractivity contribution in [3.05, 3.63) is 66.0 Å². The van der Waals surface area contributed by atoms with Crippen LogP contribution in [0.25, 0.3) is 11.0 Å². The summed E-state index contributed by atoms with van der Waals surface area (Å²) in [6.07, 6.45) is 6.24. The Labute approximate surface area is 159 Å². The van der Waals surface area contributed by atoms with Gasteiger partial charge >= 0.3 is 0 Å². The van der Waals surface area contributed by atoms with E-state index in [9.17, 15) is 0 Å². The van der Waals surface area contributed by atoms with Gasteiger partial charge < -0.3 is 10.6 Å². The molecule has 27 heavy (non-hydrogen) atoms. The minimum Gasteiger partial charge on any atom is -0.368 e. The topological polar surface area (TPSA) is 62.8 Å². The lowest BCUT2D eigenvalue weighted by Gasteiger charge is -2.13. The second-order valence-corrected chi connectivity index (χ2v) is 6.98. The van der Waals surface area contributed by atoms with E-state index in [1.807, 2.05) is 0 Å². The summed E-state index contributed by atoms with van der Waals surface area (Å²) in [5.74, 6) is 0.507. The van der Waals surface area contributed by atoms with Gasteiger partial charge in [0.2, 0.25) is 12.3 Å². The fourth-order valence-electron chi connectivity index (χ4n) is 3.53. The molecule has 0 unspecified atom stereocenters. The number of nitrogens with zero attached hydrogens (tertiary/aromatic N) is 5. The Kier molecular flexibility index (Phi) is 4.87. The van der Waals surface area contributed by atoms with E-state index in [0.29, 0.717) is 5.96 Å². The smallest absolute Gasteiger partial charge is 0.244 e. The van der Waals surface area contributed by atoms with Crippen LogP contribution in [0.3, 0.4) is 0 Å². The van der Waals surface area contributed by atoms with E-state index in [0.717, 1.165) is 25.2 Å². The Bertz CT molecular complexity index is 978. The average Bonchev–Trinajstić information content (AvgIpc) is 3.33. The summed E-state index contributed by atoms with van der Waals surface area (Å²) in [6, 6.07) is 16.8. The average molecular weight is 361 g/mol. The molecule has 0 radical (unpaired) electrons. The summed E-state index contributed by atoms with van der Waals surface area (Å²) in [4.78, 5) is 2.07. The number of imidazole rings is 1. The van der Waals surface area contributed by atoms with Gasteiger partial charge in [0, 0.05) is 13.1 Å². The van der Waals surface area contributed by atoms with Crippen LogP contribution in [0.15, 0.2) is 65.1 Å². The maximum atomic E-state index is 5.96. The summed E-state index contributed by atoms with van der Waals surface area (Å²) in [5.41, 5.74) is 10.7. The van der Waals surface area contributed by atoms with Crippen molar-refractivity contribution in [3.8, 4) is 0 Å². The second kappa shape index (κ2) is 7.61. The Balaban J connectivity index is 1.44. The number of guanidine groups is 1. The van der Waals surface area contributed by atoms with E-state index in [-0.39, 0.29) is 0 Å². The third-order valence-corrected chi connectivity index (χ3v) is 5.01. The number of para-hydroxylation sites is 2. The van der Waals surface area contributed by atoms with E-state index in [4.69, 9.17) is 5.73 Å². The predicted octanol–water partition coefficient (Wildman–Crippen LogP) is 2.26. The van der Waals surface area contributed by atoms with Crippen LogP contribution >= 0.6 is 0 Å². The van der Waals surface area contributed by atoms with Crippen molar-refractivity contribution in [1.82, 2.24) is 9.47 Å². The molecule has 1 aliphatic heterocycles. The molecule has 0 atom stereocenters. The number of aryl methyl sites for hydroxylation is 1. The molecule has 0 aliphatic carbocycles. The second-order valence-electron chi connectivity index (χ2n) is 6.98. The summed E-state index contributed by atoms with van der Waals surface area (Å²) in [7, 11) is 2.08. The van der Waals surface area contributed by atoms with Crippen LogP contribution in [0, 0.1) is 0 Å². The molecule has 3 aromatic rings. The normalized spacial score (nSPS) is 15.3. The zero-order valence-corrected chi connectivity index (χ0v) is 15.6. The van der Waals surface area contributed by atoms with Gasteiger partial charge in [-0.3, -0.25) is 0 Å². The Hall–Kier alpha value is -3.15. The number of likely N-dealkylation sites (tertiary alicyclic amines) is 1. The highest BCUT2D eigenvalue weighted by atomic mass is 15.3. The number of benzene rings is 2. The fourth-order valence-corrected chi connectivity index (χ4v) is 3.53. The van der Waals surface area contributed by atoms with Crippen LogP contribution in [0.2, 0.25) is 0 Å². The largest absolute Gasteiger partial charge is 0.368 e. The first kappa shape index (κ1) is 17.3. The van der Waals surface area contributed by atoms with E-state index in [1.54, 1.807) is 6.21 Å². The molecular weight excluding hydrogens is 336 g/mol. The highest BCUT2D eigenvalue weighted by Crippen LogP contribution is 2.13. The van der Waals surface area contributed by atoms with Crippen molar-refractivity contribution in [2.24, 2.45) is 23.0 Å². The number of nitrogens with two attached hydrogens (primary N) is 1. The summed E-state index contributed by atoms with van der Waals surface area (Å²) < 4.78 is 4.42. The third-order valence-electron chi connectivity index (χ3n) is 5.01. The molecule has 2 N–H and O–H groups in total. The molecule has 0 amide bonds. The van der Waals surface area contributed by atoms with E-state index >= 15 is 0 Å². The maximum absolute atomic E-state index is 5.96. The van der Waals surface area contributed by atoms with E-state index in [1.165, 1.54) is 29.4 Å². The van der Waals surface area contributed by atoms with Crippen LogP contribution in [-0.2, 0) is 13.6 Å². The molecule has 2 aromatic carbocycles. The molecule has 2 heterocycles. The quantitative estimate of drug-likeness (QED) is 0.335. The van der Waals surface area contributed by atoms with Crippen LogP contribution in [0.5, 0.6) is 0 Å². The molecule has 1 aromatic heterocycles. The van der Waals surface area contributed by atoms with Crippen molar-refractivity contribution in [2.45, 2.75) is 19.4 Å². The van der Waals surface area contributed by atoms with Crippen LogP contribution < -0.4 is 10.3 Å². The van der Waals surface area contributed by atoms with Crippen molar-refractivity contribution in [3.63, 3.8) is 0 Å². The molecule has 0 saturated carbocycles. The van der Waals surface area contributed by atoms with Crippen molar-refractivity contribution in [2.75, 3.05) is 13.1 Å². The molecule has 1 saturated heterocycles. The number of hydrogen-bond donors (Lipinski definition) is 1. The number of aromatic nitrogens is 2. The number of rotatable bonds is 4. The van der Waals surface area contributed by atoms with E-state index in [2.05, 4.69) is 86.1 Å². The molecule has 6 nitrogen and oxygen atoms in total. The van der Waals surface area contributed by atoms with Crippen LogP contribution in [0.1, 0.15) is 24.0 Å². The first-order valence-electron chi connectivity index (χ1n) is 9.34. The van der Waals surface area contributed by atoms with Gasteiger partial charge in [0.05, 0.1) is 13.3 Å². The lowest BCUT2D eigenvalue weighted by Crippen LogP contribution is -2.34. The molecule has 0 bridgehead atoms. The monoisotopic (exact) mass is 361 g/mol. The van der Waals surface area contributed by atoms with Crippen molar-refractivity contribution >= 4 is 23.2 Å². The van der Waals surface area contributed by atoms with Gasteiger partial charge in [-0.2, -0.15) is 5.10 Å². The Morgan fingerprint density at radius 3 is 2.63 bits per heavy atom. The minimum atomic E-state index is 0.507. The lowest BCUT2D eigenvalue weighted by atomic mass is 10.1. The van der Waals surface area contributed by atoms with Gasteiger partial charge in [-0.05, 0) is 36.1 Å². The first-order chi connectivity index (χ1) is 13.2. The molecule has 1 aliphatic rings. The minimum absolute atomic E-state index is 0.507. The highest BCUT2D eigenvalue weighted by molar-refractivity contribution is 5.82. The van der Waals surface area contributed by atoms with E-state index < -0.39 is 0 Å². The fraction of sp³-hybridized carbons (Fsp3) is 0.286. The van der Waals surface area contributed by atoms with Gasteiger partial charge in [-0.1, -0.05) is 36.4 Å². The van der Waals surface area contributed by atoms with Gasteiger partial charge in [-0.25, -0.2) is 9.13 Å². The zero-order chi connectivity index (χ0) is 18.6. The lowest BCUT2D eigenvalue weighted by molar-refractivity contribution is -0.645. The van der Waals surface area contributed by atoms with Crippen molar-refractivity contribution in [1.29, 1.82) is 0 Å². The molecule has 1 fully saturated rings. The Morgan fingerprint density at radius 1 is 1.11 bits per heavy atom. The Morgan fingerprint density at radius 2 is 1.85 bits per heavy atom. The highest BCUT2D eigenvalue weighted by Gasteiger charge is 2.13. The zero-order valence-electron chi connectivity index (χ0n) is 15.6. The van der Waals surface area contributed by atoms with Gasteiger partial charge in [-0.15, -0.1) is 5.10 Å². The standard InChI is InChI=1S/C21H25N6/c1-25-16-27(20-7-3-2-6-19(20)25)15-18-10-8-17(9-11-18)14-23-24-21(22)26-12-4-5-13-26/h2-3,6-11,14,16H,4-5,12-13,15H2,1H3,(H2,22,24)/q+1/b23-14+. The van der Waals surface area contributed by atoms with Crippen molar-refractivity contribution < 1.29 is 4.57 Å². The molecule has 0 spiro atoms. The van der Waals surface area contributed by atoms with Gasteiger partial charge in [0.25, 0.3) is 0 Å². The third kappa shape index (κ3) is 3.84. The van der Waals surface area contributed by atoms with Crippen LogP contribution in [0.4, 0.5) is 0 Å². The van der Waals surface area contributed by atoms with Gasteiger partial charge in [0.1, 0.15) is 6.54 Å². The maximum Gasteiger partial charge on any atom is 0.244 e. The summed E-state index contributed by atoms with van der Waals surface area (Å²) in [5, 5.41) is 8.24. The van der Waals surface area contributed by atoms with Crippen LogP contribution in [-0.4, -0.2) is 34.7 Å². The SMILES string of the molecule is C[n+]1cn(Cc2ccc(/C=N/N=C(\N)N3CCCC3)cc2)c2ccccc21. The summed E-state index contributed by atoms with van der Waals surface area (Å²) in [6.45, 7) is 2.79. The predicted molar refractivity (Wildman–Crippen MR) is 109 cm³/mol. The number of fused-ring (bicyclic) bond motifs is 1. The molecule has 4 rings (SSSR count). The first-order valence-corrected chi connectivity index (χ1v) is 9.34.